The second kappa shape index (κ2) is 5.68. The first-order valence-corrected chi connectivity index (χ1v) is 8.24. The second-order valence-electron chi connectivity index (χ2n) is 3.70. The fourth-order valence-electron chi connectivity index (χ4n) is 1.48. The van der Waals surface area contributed by atoms with Crippen LogP contribution in [0.3, 0.4) is 0 Å². The maximum atomic E-state index is 12.2. The van der Waals surface area contributed by atoms with Gasteiger partial charge in [0.15, 0.2) is 0 Å². The largest absolute Gasteiger partial charge is 0.326 e. The molecule has 2 rings (SSSR count). The lowest BCUT2D eigenvalue weighted by atomic mass is 10.2. The van der Waals surface area contributed by atoms with Crippen LogP contribution in [0, 0.1) is 0 Å². The molecular formula is C11H10Cl2N2O2S2. The number of rotatable bonds is 4. The van der Waals surface area contributed by atoms with Crippen molar-refractivity contribution in [2.45, 2.75) is 11.4 Å². The molecule has 0 aliphatic carbocycles. The van der Waals surface area contributed by atoms with Crippen LogP contribution in [0.25, 0.3) is 0 Å². The lowest BCUT2D eigenvalue weighted by Gasteiger charge is -2.08. The van der Waals surface area contributed by atoms with Gasteiger partial charge in [0.25, 0.3) is 10.0 Å². The van der Waals surface area contributed by atoms with Gasteiger partial charge in [-0.15, -0.1) is 11.3 Å². The molecule has 0 unspecified atom stereocenters. The number of nitrogens with one attached hydrogen (secondary N) is 1. The molecule has 0 saturated carbocycles. The van der Waals surface area contributed by atoms with E-state index in [2.05, 4.69) is 4.72 Å². The summed E-state index contributed by atoms with van der Waals surface area (Å²) in [5.74, 6) is 0. The molecule has 0 bridgehead atoms. The van der Waals surface area contributed by atoms with Gasteiger partial charge in [0.05, 0.1) is 4.34 Å². The van der Waals surface area contributed by atoms with Gasteiger partial charge in [-0.25, -0.2) is 8.42 Å². The molecule has 3 N–H and O–H groups in total. The number of benzene rings is 1. The van der Waals surface area contributed by atoms with E-state index in [4.69, 9.17) is 28.9 Å². The van der Waals surface area contributed by atoms with Gasteiger partial charge in [-0.05, 0) is 23.8 Å². The zero-order valence-electron chi connectivity index (χ0n) is 9.56. The summed E-state index contributed by atoms with van der Waals surface area (Å²) in [4.78, 5) is -0.0256. The van der Waals surface area contributed by atoms with Gasteiger partial charge in [-0.2, -0.15) is 0 Å². The van der Waals surface area contributed by atoms with Crippen molar-refractivity contribution in [3.63, 3.8) is 0 Å². The summed E-state index contributed by atoms with van der Waals surface area (Å²) in [7, 11) is -3.74. The zero-order valence-corrected chi connectivity index (χ0v) is 12.7. The SMILES string of the molecule is NCc1cccc(NS(=O)(=O)c2cc(Cl)sc2Cl)c1. The number of thiophene rings is 1. The Morgan fingerprint density at radius 1 is 1.26 bits per heavy atom. The molecule has 19 heavy (non-hydrogen) atoms. The van der Waals surface area contributed by atoms with E-state index in [1.54, 1.807) is 18.2 Å². The summed E-state index contributed by atoms with van der Waals surface area (Å²) in [6.45, 7) is 0.334. The Morgan fingerprint density at radius 3 is 2.58 bits per heavy atom. The fourth-order valence-corrected chi connectivity index (χ4v) is 4.68. The smallest absolute Gasteiger partial charge is 0.264 e. The van der Waals surface area contributed by atoms with Crippen LogP contribution in [0.15, 0.2) is 35.2 Å². The van der Waals surface area contributed by atoms with Crippen LogP contribution >= 0.6 is 34.5 Å². The van der Waals surface area contributed by atoms with Gasteiger partial charge in [0.2, 0.25) is 0 Å². The summed E-state index contributed by atoms with van der Waals surface area (Å²) in [6, 6.07) is 8.16. The summed E-state index contributed by atoms with van der Waals surface area (Å²) in [5, 5.41) is 0. The number of hydrogen-bond donors (Lipinski definition) is 2. The Bertz CT molecular complexity index is 698. The summed E-state index contributed by atoms with van der Waals surface area (Å²) in [6.07, 6.45) is 0. The van der Waals surface area contributed by atoms with E-state index in [9.17, 15) is 8.42 Å². The van der Waals surface area contributed by atoms with E-state index in [1.807, 2.05) is 6.07 Å². The van der Waals surface area contributed by atoms with Crippen molar-refractivity contribution in [1.29, 1.82) is 0 Å². The van der Waals surface area contributed by atoms with Gasteiger partial charge < -0.3 is 5.73 Å². The Hall–Kier alpha value is -0.790. The molecule has 0 atom stereocenters. The van der Waals surface area contributed by atoms with Crippen LogP contribution in [0.4, 0.5) is 5.69 Å². The number of halogens is 2. The second-order valence-corrected chi connectivity index (χ2v) is 7.63. The number of nitrogens with two attached hydrogens (primary N) is 1. The molecule has 8 heteroatoms. The lowest BCUT2D eigenvalue weighted by molar-refractivity contribution is 0.601. The standard InChI is InChI=1S/C11H10Cl2N2O2S2/c12-10-5-9(11(13)18-10)19(16,17)15-8-3-1-2-7(4-8)6-14/h1-5,15H,6,14H2. The van der Waals surface area contributed by atoms with Crippen molar-refractivity contribution in [3.05, 3.63) is 44.6 Å². The normalized spacial score (nSPS) is 11.5. The molecule has 0 aliphatic rings. The average molecular weight is 337 g/mol. The Morgan fingerprint density at radius 2 is 2.00 bits per heavy atom. The van der Waals surface area contributed by atoms with Crippen molar-refractivity contribution in [2.24, 2.45) is 5.73 Å². The monoisotopic (exact) mass is 336 g/mol. The first kappa shape index (κ1) is 14.6. The van der Waals surface area contributed by atoms with Gasteiger partial charge in [0, 0.05) is 12.2 Å². The topological polar surface area (TPSA) is 72.2 Å². The lowest BCUT2D eigenvalue weighted by Crippen LogP contribution is -2.12. The van der Waals surface area contributed by atoms with Crippen molar-refractivity contribution in [1.82, 2.24) is 0 Å². The van der Waals surface area contributed by atoms with E-state index in [0.29, 0.717) is 16.6 Å². The summed E-state index contributed by atoms with van der Waals surface area (Å²) < 4.78 is 27.2. The molecule has 0 spiro atoms. The fraction of sp³-hybridized carbons (Fsp3) is 0.0909. The number of anilines is 1. The van der Waals surface area contributed by atoms with E-state index in [1.165, 1.54) is 6.07 Å². The summed E-state index contributed by atoms with van der Waals surface area (Å²) in [5.41, 5.74) is 6.77. The predicted octanol–water partition coefficient (Wildman–Crippen LogP) is 3.31. The zero-order chi connectivity index (χ0) is 14.0. The molecule has 0 amide bonds. The van der Waals surface area contributed by atoms with Gasteiger partial charge in [-0.3, -0.25) is 4.72 Å². The van der Waals surface area contributed by atoms with Crippen LogP contribution in [-0.2, 0) is 16.6 Å². The summed E-state index contributed by atoms with van der Waals surface area (Å²) >= 11 is 12.6. The van der Waals surface area contributed by atoms with Crippen LogP contribution in [0.1, 0.15) is 5.56 Å². The Kier molecular flexibility index (Phi) is 4.37. The minimum Gasteiger partial charge on any atom is -0.326 e. The quantitative estimate of drug-likeness (QED) is 0.899. The van der Waals surface area contributed by atoms with Crippen LogP contribution in [-0.4, -0.2) is 8.42 Å². The Balaban J connectivity index is 2.33. The van der Waals surface area contributed by atoms with E-state index < -0.39 is 10.0 Å². The molecular weight excluding hydrogens is 327 g/mol. The first-order valence-electron chi connectivity index (χ1n) is 5.19. The highest BCUT2D eigenvalue weighted by molar-refractivity contribution is 7.93. The third-order valence-electron chi connectivity index (χ3n) is 2.33. The van der Waals surface area contributed by atoms with Crippen LogP contribution in [0.5, 0.6) is 0 Å². The van der Waals surface area contributed by atoms with Gasteiger partial charge in [0.1, 0.15) is 9.23 Å². The van der Waals surface area contributed by atoms with Crippen molar-refractivity contribution in [2.75, 3.05) is 4.72 Å². The van der Waals surface area contributed by atoms with Crippen molar-refractivity contribution < 1.29 is 8.42 Å². The highest BCUT2D eigenvalue weighted by Gasteiger charge is 2.21. The Labute approximate surface area is 125 Å². The van der Waals surface area contributed by atoms with Crippen LogP contribution < -0.4 is 10.5 Å². The first-order chi connectivity index (χ1) is 8.92. The van der Waals surface area contributed by atoms with Crippen molar-refractivity contribution in [3.8, 4) is 0 Å². The molecule has 2 aromatic rings. The maximum absolute atomic E-state index is 12.2. The molecule has 102 valence electrons. The maximum Gasteiger partial charge on any atom is 0.264 e. The molecule has 1 aromatic heterocycles. The number of hydrogen-bond acceptors (Lipinski definition) is 4. The van der Waals surface area contributed by atoms with Crippen LogP contribution in [0.2, 0.25) is 8.67 Å². The average Bonchev–Trinajstić information content (AvgIpc) is 2.69. The molecule has 0 fully saturated rings. The van der Waals surface area contributed by atoms with Gasteiger partial charge in [-0.1, -0.05) is 35.3 Å². The highest BCUT2D eigenvalue weighted by atomic mass is 35.5. The molecule has 4 nitrogen and oxygen atoms in total. The minimum absolute atomic E-state index is 0.0256. The molecule has 0 aliphatic heterocycles. The molecule has 1 aromatic carbocycles. The molecule has 1 heterocycles. The molecule has 0 radical (unpaired) electrons. The third-order valence-corrected chi connectivity index (χ3v) is 5.46. The molecule has 0 saturated heterocycles. The van der Waals surface area contributed by atoms with E-state index >= 15 is 0 Å². The van der Waals surface area contributed by atoms with Gasteiger partial charge >= 0.3 is 0 Å². The highest BCUT2D eigenvalue weighted by Crippen LogP contribution is 2.35. The van der Waals surface area contributed by atoms with E-state index in [-0.39, 0.29) is 9.23 Å². The van der Waals surface area contributed by atoms with Crippen molar-refractivity contribution >= 4 is 50.2 Å². The van der Waals surface area contributed by atoms with E-state index in [0.717, 1.165) is 16.9 Å². The predicted molar refractivity (Wildman–Crippen MR) is 79.5 cm³/mol. The third kappa shape index (κ3) is 3.40. The number of sulfonamides is 1. The minimum atomic E-state index is -3.74.